The van der Waals surface area contributed by atoms with Crippen LogP contribution in [-0.2, 0) is 7.05 Å². The molecular formula is C16H19N5OS. The Bertz CT molecular complexity index is 853. The number of carbonyl (C=O) groups excluding carboxylic acids is 1. The van der Waals surface area contributed by atoms with Gasteiger partial charge in [-0.3, -0.25) is 13.9 Å². The second kappa shape index (κ2) is 5.49. The largest absolute Gasteiger partial charge is 0.337 e. The molecule has 1 aliphatic rings. The van der Waals surface area contributed by atoms with Gasteiger partial charge in [-0.15, -0.1) is 11.3 Å². The Morgan fingerprint density at radius 3 is 2.78 bits per heavy atom. The molecule has 7 heteroatoms. The fourth-order valence-electron chi connectivity index (χ4n) is 3.31. The zero-order chi connectivity index (χ0) is 16.0. The van der Waals surface area contributed by atoms with E-state index in [-0.39, 0.29) is 5.91 Å². The van der Waals surface area contributed by atoms with Crippen molar-refractivity contribution in [1.29, 1.82) is 0 Å². The molecule has 3 aromatic heterocycles. The van der Waals surface area contributed by atoms with Gasteiger partial charge in [-0.2, -0.15) is 5.10 Å². The van der Waals surface area contributed by atoms with Gasteiger partial charge in [0.15, 0.2) is 0 Å². The molecule has 0 aromatic carbocycles. The topological polar surface area (TPSA) is 55.4 Å². The molecule has 23 heavy (non-hydrogen) atoms. The van der Waals surface area contributed by atoms with E-state index in [1.807, 2.05) is 18.9 Å². The number of hydrogen-bond donors (Lipinski definition) is 0. The Hall–Kier alpha value is -2.15. The number of aromatic nitrogens is 4. The maximum atomic E-state index is 12.5. The fraction of sp³-hybridized carbons (Fsp3) is 0.438. The number of likely N-dealkylation sites (tertiary alicyclic amines) is 1. The molecule has 1 amide bonds. The quantitative estimate of drug-likeness (QED) is 0.726. The lowest BCUT2D eigenvalue weighted by Crippen LogP contribution is -2.38. The van der Waals surface area contributed by atoms with Crippen molar-refractivity contribution in [1.82, 2.24) is 24.1 Å². The molecule has 4 rings (SSSR count). The third-order valence-corrected chi connectivity index (χ3v) is 5.45. The average molecular weight is 329 g/mol. The summed E-state index contributed by atoms with van der Waals surface area (Å²) in [5, 5.41) is 6.32. The lowest BCUT2D eigenvalue weighted by molar-refractivity contribution is 0.0705. The van der Waals surface area contributed by atoms with Gasteiger partial charge >= 0.3 is 0 Å². The highest BCUT2D eigenvalue weighted by atomic mass is 32.1. The van der Waals surface area contributed by atoms with Crippen LogP contribution in [0.4, 0.5) is 0 Å². The van der Waals surface area contributed by atoms with Crippen LogP contribution in [0.5, 0.6) is 0 Å². The maximum absolute atomic E-state index is 12.5. The van der Waals surface area contributed by atoms with Crippen LogP contribution in [0, 0.1) is 6.92 Å². The van der Waals surface area contributed by atoms with Crippen LogP contribution >= 0.6 is 11.3 Å². The second-order valence-electron chi connectivity index (χ2n) is 6.06. The monoisotopic (exact) mass is 329 g/mol. The normalized spacial score (nSPS) is 16.3. The summed E-state index contributed by atoms with van der Waals surface area (Å²) in [6, 6.07) is 1.78. The maximum Gasteiger partial charge on any atom is 0.274 e. The summed E-state index contributed by atoms with van der Waals surface area (Å²) in [6.45, 7) is 3.58. The molecule has 0 unspecified atom stereocenters. The van der Waals surface area contributed by atoms with Gasteiger partial charge in [0.1, 0.15) is 16.3 Å². The Kier molecular flexibility index (Phi) is 3.45. The van der Waals surface area contributed by atoms with Crippen molar-refractivity contribution in [2.75, 3.05) is 13.1 Å². The van der Waals surface area contributed by atoms with E-state index in [2.05, 4.69) is 21.1 Å². The molecule has 1 saturated heterocycles. The van der Waals surface area contributed by atoms with Gasteiger partial charge in [-0.25, -0.2) is 4.98 Å². The van der Waals surface area contributed by atoms with E-state index in [0.29, 0.717) is 11.6 Å². The van der Waals surface area contributed by atoms with Gasteiger partial charge in [0, 0.05) is 43.8 Å². The third-order valence-electron chi connectivity index (χ3n) is 4.56. The van der Waals surface area contributed by atoms with Crippen LogP contribution in [0.25, 0.3) is 4.83 Å². The minimum absolute atomic E-state index is 0.0336. The van der Waals surface area contributed by atoms with E-state index < -0.39 is 0 Å². The van der Waals surface area contributed by atoms with Crippen molar-refractivity contribution >= 4 is 22.1 Å². The van der Waals surface area contributed by atoms with E-state index in [9.17, 15) is 4.79 Å². The number of amides is 1. The van der Waals surface area contributed by atoms with Gasteiger partial charge < -0.3 is 4.90 Å². The first-order valence-electron chi connectivity index (χ1n) is 7.84. The van der Waals surface area contributed by atoms with Crippen LogP contribution in [0.1, 0.15) is 40.8 Å². The van der Waals surface area contributed by atoms with E-state index in [0.717, 1.165) is 31.8 Å². The van der Waals surface area contributed by atoms with Crippen LogP contribution in [0.15, 0.2) is 23.8 Å². The van der Waals surface area contributed by atoms with Crippen LogP contribution in [0.2, 0.25) is 0 Å². The van der Waals surface area contributed by atoms with Crippen molar-refractivity contribution in [2.45, 2.75) is 25.7 Å². The molecular weight excluding hydrogens is 310 g/mol. The fourth-order valence-corrected chi connectivity index (χ4v) is 4.26. The molecule has 3 aromatic rings. The van der Waals surface area contributed by atoms with Crippen LogP contribution in [-0.4, -0.2) is 43.1 Å². The number of thiazole rings is 1. The van der Waals surface area contributed by atoms with Crippen molar-refractivity contribution in [3.63, 3.8) is 0 Å². The highest BCUT2D eigenvalue weighted by Crippen LogP contribution is 2.33. The number of imidazole rings is 1. The average Bonchev–Trinajstić information content (AvgIpc) is 3.26. The van der Waals surface area contributed by atoms with Crippen molar-refractivity contribution in [2.24, 2.45) is 7.05 Å². The number of hydrogen-bond acceptors (Lipinski definition) is 4. The summed E-state index contributed by atoms with van der Waals surface area (Å²) >= 11 is 1.74. The Labute approximate surface area is 138 Å². The molecule has 120 valence electrons. The molecule has 0 bridgehead atoms. The van der Waals surface area contributed by atoms with E-state index in [1.54, 1.807) is 28.3 Å². The SMILES string of the molecule is Cc1nc(C2CCN(C(=O)c3ccn(C)n3)CC2)c2sccn12. The van der Waals surface area contributed by atoms with Crippen molar-refractivity contribution in [3.05, 3.63) is 41.1 Å². The smallest absolute Gasteiger partial charge is 0.274 e. The van der Waals surface area contributed by atoms with Gasteiger partial charge in [-0.1, -0.05) is 0 Å². The van der Waals surface area contributed by atoms with E-state index >= 15 is 0 Å². The summed E-state index contributed by atoms with van der Waals surface area (Å²) in [6.07, 6.45) is 5.80. The molecule has 0 N–H and O–H groups in total. The van der Waals surface area contributed by atoms with E-state index in [4.69, 9.17) is 4.98 Å². The standard InChI is InChI=1S/C16H19N5OS/c1-11-17-14(16-21(11)9-10-23-16)12-3-7-20(8-4-12)15(22)13-5-6-19(2)18-13/h5-6,9-10,12H,3-4,7-8H2,1-2H3. The number of piperidine rings is 1. The molecule has 0 spiro atoms. The van der Waals surface area contributed by atoms with Gasteiger partial charge in [0.2, 0.25) is 0 Å². The number of aryl methyl sites for hydroxylation is 2. The summed E-state index contributed by atoms with van der Waals surface area (Å²) in [5.41, 5.74) is 1.73. The Morgan fingerprint density at radius 2 is 2.09 bits per heavy atom. The van der Waals surface area contributed by atoms with Crippen LogP contribution in [0.3, 0.4) is 0 Å². The first-order chi connectivity index (χ1) is 11.1. The lowest BCUT2D eigenvalue weighted by atomic mass is 9.94. The third kappa shape index (κ3) is 2.45. The highest BCUT2D eigenvalue weighted by Gasteiger charge is 2.28. The minimum Gasteiger partial charge on any atom is -0.337 e. The molecule has 1 aliphatic heterocycles. The molecule has 4 heterocycles. The molecule has 0 radical (unpaired) electrons. The summed E-state index contributed by atoms with van der Waals surface area (Å²) in [5.74, 6) is 1.51. The second-order valence-corrected chi connectivity index (χ2v) is 6.96. The Balaban J connectivity index is 1.49. The first-order valence-corrected chi connectivity index (χ1v) is 8.72. The number of nitrogens with zero attached hydrogens (tertiary/aromatic N) is 5. The van der Waals surface area contributed by atoms with Crippen LogP contribution < -0.4 is 0 Å². The zero-order valence-corrected chi connectivity index (χ0v) is 14.1. The molecule has 1 fully saturated rings. The summed E-state index contributed by atoms with van der Waals surface area (Å²) in [4.78, 5) is 20.4. The number of fused-ring (bicyclic) bond motifs is 1. The predicted octanol–water partition coefficient (Wildman–Crippen LogP) is 2.46. The molecule has 0 aliphatic carbocycles. The first kappa shape index (κ1) is 14.4. The highest BCUT2D eigenvalue weighted by molar-refractivity contribution is 7.15. The summed E-state index contributed by atoms with van der Waals surface area (Å²) in [7, 11) is 1.83. The minimum atomic E-state index is 0.0336. The number of carbonyl (C=O) groups is 1. The van der Waals surface area contributed by atoms with Gasteiger partial charge in [0.05, 0.1) is 5.69 Å². The van der Waals surface area contributed by atoms with E-state index in [1.165, 1.54) is 10.5 Å². The zero-order valence-electron chi connectivity index (χ0n) is 13.3. The lowest BCUT2D eigenvalue weighted by Gasteiger charge is -2.30. The predicted molar refractivity (Wildman–Crippen MR) is 88.9 cm³/mol. The van der Waals surface area contributed by atoms with Crippen molar-refractivity contribution < 1.29 is 4.79 Å². The summed E-state index contributed by atoms with van der Waals surface area (Å²) < 4.78 is 3.83. The molecule has 0 atom stereocenters. The van der Waals surface area contributed by atoms with Gasteiger partial charge in [0.25, 0.3) is 5.91 Å². The van der Waals surface area contributed by atoms with Crippen molar-refractivity contribution in [3.8, 4) is 0 Å². The molecule has 0 saturated carbocycles. The van der Waals surface area contributed by atoms with Gasteiger partial charge in [-0.05, 0) is 25.8 Å². The molecule has 6 nitrogen and oxygen atoms in total. The Morgan fingerprint density at radius 1 is 1.30 bits per heavy atom. The number of rotatable bonds is 2.